The van der Waals surface area contributed by atoms with E-state index in [1.165, 1.54) is 12.0 Å². The van der Waals surface area contributed by atoms with E-state index < -0.39 is 0 Å². The van der Waals surface area contributed by atoms with Crippen LogP contribution in [0.3, 0.4) is 0 Å². The minimum absolute atomic E-state index is 0.0716. The molecular formula is C21H30N2O2. The average molecular weight is 342 g/mol. The standard InChI is InChI=1S/C21H30N2O2/c24-20(16-22-21(25)19-9-5-2-6-10-19)23-13-11-18(12-14-23)15-17-7-3-1-4-8-17/h1,3-4,7-8,18-19H,2,5-6,9-16H2,(H,22,25). The molecule has 3 rings (SSSR count). The summed E-state index contributed by atoms with van der Waals surface area (Å²) in [5.74, 6) is 0.927. The van der Waals surface area contributed by atoms with E-state index in [1.807, 2.05) is 11.0 Å². The predicted octanol–water partition coefficient (Wildman–Crippen LogP) is 3.16. The van der Waals surface area contributed by atoms with E-state index in [0.717, 1.165) is 58.0 Å². The van der Waals surface area contributed by atoms with Crippen LogP contribution in [0.1, 0.15) is 50.5 Å². The minimum atomic E-state index is 0.0716. The number of carbonyl (C=O) groups is 2. The first-order valence-electron chi connectivity index (χ1n) is 9.82. The molecule has 1 heterocycles. The molecule has 2 fully saturated rings. The Hall–Kier alpha value is -1.84. The van der Waals surface area contributed by atoms with Gasteiger partial charge in [-0.1, -0.05) is 49.6 Å². The summed E-state index contributed by atoms with van der Waals surface area (Å²) >= 11 is 0. The van der Waals surface area contributed by atoms with Gasteiger partial charge < -0.3 is 10.2 Å². The number of hydrogen-bond acceptors (Lipinski definition) is 2. The lowest BCUT2D eigenvalue weighted by molar-refractivity contribution is -0.135. The number of likely N-dealkylation sites (tertiary alicyclic amines) is 1. The number of piperidine rings is 1. The van der Waals surface area contributed by atoms with Crippen molar-refractivity contribution in [1.82, 2.24) is 10.2 Å². The molecule has 1 aliphatic carbocycles. The van der Waals surface area contributed by atoms with Crippen LogP contribution >= 0.6 is 0 Å². The van der Waals surface area contributed by atoms with Crippen molar-refractivity contribution in [2.75, 3.05) is 19.6 Å². The van der Waals surface area contributed by atoms with Crippen LogP contribution in [-0.4, -0.2) is 36.3 Å². The van der Waals surface area contributed by atoms with Gasteiger partial charge in [-0.15, -0.1) is 0 Å². The Balaban J connectivity index is 1.37. The van der Waals surface area contributed by atoms with E-state index in [-0.39, 0.29) is 24.3 Å². The van der Waals surface area contributed by atoms with Crippen LogP contribution in [-0.2, 0) is 16.0 Å². The number of carbonyl (C=O) groups excluding carboxylic acids is 2. The topological polar surface area (TPSA) is 49.4 Å². The Morgan fingerprint density at radius 1 is 0.960 bits per heavy atom. The zero-order chi connectivity index (χ0) is 17.5. The molecule has 0 spiro atoms. The van der Waals surface area contributed by atoms with Gasteiger partial charge >= 0.3 is 0 Å². The Morgan fingerprint density at radius 2 is 1.64 bits per heavy atom. The predicted molar refractivity (Wildman–Crippen MR) is 99.0 cm³/mol. The molecule has 2 aliphatic rings. The number of benzene rings is 1. The Kier molecular flexibility index (Phi) is 6.48. The second-order valence-corrected chi connectivity index (χ2v) is 7.57. The van der Waals surface area contributed by atoms with Crippen molar-refractivity contribution in [3.63, 3.8) is 0 Å². The van der Waals surface area contributed by atoms with Crippen molar-refractivity contribution in [3.8, 4) is 0 Å². The quantitative estimate of drug-likeness (QED) is 0.893. The molecule has 0 bridgehead atoms. The van der Waals surface area contributed by atoms with Crippen LogP contribution in [0.5, 0.6) is 0 Å². The normalized spacial score (nSPS) is 19.6. The van der Waals surface area contributed by atoms with Crippen LogP contribution < -0.4 is 5.32 Å². The summed E-state index contributed by atoms with van der Waals surface area (Å²) in [6.45, 7) is 1.80. The first-order valence-corrected chi connectivity index (χ1v) is 9.82. The van der Waals surface area contributed by atoms with Crippen molar-refractivity contribution in [1.29, 1.82) is 0 Å². The fraction of sp³-hybridized carbons (Fsp3) is 0.619. The lowest BCUT2D eigenvalue weighted by Gasteiger charge is -2.32. The lowest BCUT2D eigenvalue weighted by Crippen LogP contribution is -2.45. The summed E-state index contributed by atoms with van der Waals surface area (Å²) in [5, 5.41) is 2.87. The van der Waals surface area contributed by atoms with E-state index in [1.54, 1.807) is 0 Å². The molecule has 0 atom stereocenters. The van der Waals surface area contributed by atoms with Gasteiger partial charge in [-0.05, 0) is 43.6 Å². The maximum Gasteiger partial charge on any atom is 0.241 e. The number of nitrogens with zero attached hydrogens (tertiary/aromatic N) is 1. The van der Waals surface area contributed by atoms with Gasteiger partial charge in [-0.3, -0.25) is 9.59 Å². The molecule has 136 valence electrons. The summed E-state index contributed by atoms with van der Waals surface area (Å²) in [6.07, 6.45) is 8.67. The van der Waals surface area contributed by atoms with E-state index in [9.17, 15) is 9.59 Å². The van der Waals surface area contributed by atoms with Gasteiger partial charge in [0.1, 0.15) is 0 Å². The lowest BCUT2D eigenvalue weighted by atomic mass is 9.88. The highest BCUT2D eigenvalue weighted by Crippen LogP contribution is 2.24. The van der Waals surface area contributed by atoms with Gasteiger partial charge in [0, 0.05) is 19.0 Å². The van der Waals surface area contributed by atoms with Gasteiger partial charge in [-0.25, -0.2) is 0 Å². The number of amides is 2. The summed E-state index contributed by atoms with van der Waals surface area (Å²) in [4.78, 5) is 26.4. The fourth-order valence-electron chi connectivity index (χ4n) is 4.12. The van der Waals surface area contributed by atoms with Crippen molar-refractivity contribution in [2.24, 2.45) is 11.8 Å². The van der Waals surface area contributed by atoms with Crippen LogP contribution in [0.2, 0.25) is 0 Å². The largest absolute Gasteiger partial charge is 0.347 e. The molecule has 1 saturated carbocycles. The van der Waals surface area contributed by atoms with E-state index >= 15 is 0 Å². The summed E-state index contributed by atoms with van der Waals surface area (Å²) in [6, 6.07) is 10.6. The average Bonchev–Trinajstić information content (AvgIpc) is 2.68. The SMILES string of the molecule is O=C(NCC(=O)N1CCC(Cc2ccccc2)CC1)C1CCCCC1. The van der Waals surface area contributed by atoms with Gasteiger partial charge in [0.25, 0.3) is 0 Å². The third-order valence-electron chi connectivity index (χ3n) is 5.72. The molecule has 1 N–H and O–H groups in total. The molecule has 0 aromatic heterocycles. The number of rotatable bonds is 5. The molecule has 25 heavy (non-hydrogen) atoms. The Morgan fingerprint density at radius 3 is 2.32 bits per heavy atom. The first kappa shape index (κ1) is 18.0. The maximum atomic E-state index is 12.4. The number of hydrogen-bond donors (Lipinski definition) is 1. The third-order valence-corrected chi connectivity index (χ3v) is 5.72. The van der Waals surface area contributed by atoms with Gasteiger partial charge in [0.2, 0.25) is 11.8 Å². The van der Waals surface area contributed by atoms with E-state index in [0.29, 0.717) is 5.92 Å². The zero-order valence-electron chi connectivity index (χ0n) is 15.1. The van der Waals surface area contributed by atoms with Crippen molar-refractivity contribution in [2.45, 2.75) is 51.4 Å². The molecule has 1 aromatic rings. The Labute approximate surface area is 151 Å². The van der Waals surface area contributed by atoms with Crippen LogP contribution in [0.4, 0.5) is 0 Å². The minimum Gasteiger partial charge on any atom is -0.347 e. The molecule has 4 nitrogen and oxygen atoms in total. The Bertz CT molecular complexity index is 559. The van der Waals surface area contributed by atoms with Gasteiger partial charge in [0.15, 0.2) is 0 Å². The summed E-state index contributed by atoms with van der Waals surface area (Å²) in [7, 11) is 0. The smallest absolute Gasteiger partial charge is 0.241 e. The zero-order valence-corrected chi connectivity index (χ0v) is 15.1. The highest BCUT2D eigenvalue weighted by Gasteiger charge is 2.25. The van der Waals surface area contributed by atoms with Crippen LogP contribution in [0.15, 0.2) is 30.3 Å². The van der Waals surface area contributed by atoms with Crippen molar-refractivity contribution in [3.05, 3.63) is 35.9 Å². The second-order valence-electron chi connectivity index (χ2n) is 7.57. The monoisotopic (exact) mass is 342 g/mol. The molecule has 2 amide bonds. The highest BCUT2D eigenvalue weighted by molar-refractivity contribution is 5.85. The van der Waals surface area contributed by atoms with Crippen LogP contribution in [0, 0.1) is 11.8 Å². The van der Waals surface area contributed by atoms with Gasteiger partial charge in [0.05, 0.1) is 6.54 Å². The first-order chi connectivity index (χ1) is 12.2. The van der Waals surface area contributed by atoms with Crippen LogP contribution in [0.25, 0.3) is 0 Å². The number of nitrogens with one attached hydrogen (secondary N) is 1. The highest BCUT2D eigenvalue weighted by atomic mass is 16.2. The summed E-state index contributed by atoms with van der Waals surface area (Å²) < 4.78 is 0. The van der Waals surface area contributed by atoms with Gasteiger partial charge in [-0.2, -0.15) is 0 Å². The molecule has 0 unspecified atom stereocenters. The van der Waals surface area contributed by atoms with E-state index in [4.69, 9.17) is 0 Å². The molecule has 4 heteroatoms. The molecule has 1 saturated heterocycles. The molecule has 1 aromatic carbocycles. The summed E-state index contributed by atoms with van der Waals surface area (Å²) in [5.41, 5.74) is 1.38. The van der Waals surface area contributed by atoms with Crippen molar-refractivity contribution < 1.29 is 9.59 Å². The second kappa shape index (κ2) is 9.02. The van der Waals surface area contributed by atoms with E-state index in [2.05, 4.69) is 29.6 Å². The molecule has 1 aliphatic heterocycles. The molecule has 0 radical (unpaired) electrons. The van der Waals surface area contributed by atoms with Crippen molar-refractivity contribution >= 4 is 11.8 Å². The third kappa shape index (κ3) is 5.32. The molecular weight excluding hydrogens is 312 g/mol. The maximum absolute atomic E-state index is 12.4. The fourth-order valence-corrected chi connectivity index (χ4v) is 4.12.